The maximum absolute atomic E-state index is 12.8. The molecular weight excluding hydrogens is 306 g/mol. The molecule has 24 heavy (non-hydrogen) atoms. The highest BCUT2D eigenvalue weighted by molar-refractivity contribution is 5.97. The summed E-state index contributed by atoms with van der Waals surface area (Å²) in [5.74, 6) is -0.0819. The Kier molecular flexibility index (Phi) is 4.79. The minimum Gasteiger partial charge on any atom is -0.481 e. The molecule has 1 saturated heterocycles. The molecule has 1 heterocycles. The summed E-state index contributed by atoms with van der Waals surface area (Å²) in [6.07, 6.45) is 0.978. The van der Waals surface area contributed by atoms with Gasteiger partial charge < -0.3 is 14.7 Å². The molecule has 0 atom stereocenters. The Morgan fingerprint density at radius 3 is 2.25 bits per heavy atom. The maximum Gasteiger partial charge on any atom is 0.306 e. The molecule has 1 fully saturated rings. The van der Waals surface area contributed by atoms with E-state index in [9.17, 15) is 9.59 Å². The molecular formula is C19H19NO4. The van der Waals surface area contributed by atoms with Crippen molar-refractivity contribution in [3.05, 3.63) is 60.2 Å². The van der Waals surface area contributed by atoms with Gasteiger partial charge in [-0.3, -0.25) is 9.59 Å². The van der Waals surface area contributed by atoms with E-state index in [1.54, 1.807) is 23.1 Å². The first-order chi connectivity index (χ1) is 11.6. The van der Waals surface area contributed by atoms with Crippen LogP contribution in [0.1, 0.15) is 23.2 Å². The molecule has 124 valence electrons. The van der Waals surface area contributed by atoms with Crippen LogP contribution in [-0.2, 0) is 4.79 Å². The van der Waals surface area contributed by atoms with Crippen LogP contribution >= 0.6 is 0 Å². The third-order valence-electron chi connectivity index (χ3n) is 4.22. The van der Waals surface area contributed by atoms with Crippen LogP contribution in [0.2, 0.25) is 0 Å². The van der Waals surface area contributed by atoms with Gasteiger partial charge >= 0.3 is 5.97 Å². The van der Waals surface area contributed by atoms with Crippen LogP contribution in [0.4, 0.5) is 0 Å². The topological polar surface area (TPSA) is 66.8 Å². The fourth-order valence-electron chi connectivity index (χ4n) is 2.85. The lowest BCUT2D eigenvalue weighted by Gasteiger charge is -2.30. The van der Waals surface area contributed by atoms with Crippen molar-refractivity contribution < 1.29 is 19.4 Å². The molecule has 1 aliphatic rings. The first-order valence-electron chi connectivity index (χ1n) is 7.99. The summed E-state index contributed by atoms with van der Waals surface area (Å²) in [6.45, 7) is 0.908. The van der Waals surface area contributed by atoms with Crippen LogP contribution in [0.5, 0.6) is 11.5 Å². The molecule has 0 aliphatic carbocycles. The molecule has 0 unspecified atom stereocenters. The highest BCUT2D eigenvalue weighted by atomic mass is 16.5. The van der Waals surface area contributed by atoms with Gasteiger partial charge in [0.15, 0.2) is 0 Å². The van der Waals surface area contributed by atoms with Crippen LogP contribution in [-0.4, -0.2) is 35.0 Å². The van der Waals surface area contributed by atoms with Crippen LogP contribution in [0.3, 0.4) is 0 Å². The Hall–Kier alpha value is -2.82. The van der Waals surface area contributed by atoms with E-state index < -0.39 is 5.97 Å². The highest BCUT2D eigenvalue weighted by Gasteiger charge is 2.28. The Bertz CT molecular complexity index is 721. The van der Waals surface area contributed by atoms with Gasteiger partial charge in [-0.2, -0.15) is 0 Å². The number of hydrogen-bond acceptors (Lipinski definition) is 3. The third-order valence-corrected chi connectivity index (χ3v) is 4.22. The van der Waals surface area contributed by atoms with Crippen molar-refractivity contribution in [2.75, 3.05) is 13.1 Å². The van der Waals surface area contributed by atoms with E-state index in [1.807, 2.05) is 36.4 Å². The number of aliphatic carboxylic acids is 1. The number of nitrogens with zero attached hydrogens (tertiary/aromatic N) is 1. The third kappa shape index (κ3) is 3.56. The monoisotopic (exact) mass is 325 g/mol. The predicted octanol–water partition coefficient (Wildman–Crippen LogP) is 3.42. The lowest BCUT2D eigenvalue weighted by molar-refractivity contribution is -0.143. The number of benzene rings is 2. The number of rotatable bonds is 4. The second-order valence-electron chi connectivity index (χ2n) is 5.82. The van der Waals surface area contributed by atoms with Gasteiger partial charge in [0, 0.05) is 13.1 Å². The number of amides is 1. The summed E-state index contributed by atoms with van der Waals surface area (Å²) in [5.41, 5.74) is 0.495. The average Bonchev–Trinajstić information content (AvgIpc) is 2.62. The van der Waals surface area contributed by atoms with Crippen molar-refractivity contribution in [2.24, 2.45) is 5.92 Å². The molecule has 0 aromatic heterocycles. The summed E-state index contributed by atoms with van der Waals surface area (Å²) in [7, 11) is 0. The zero-order chi connectivity index (χ0) is 16.9. The van der Waals surface area contributed by atoms with Crippen LogP contribution < -0.4 is 4.74 Å². The van der Waals surface area contributed by atoms with E-state index in [0.717, 1.165) is 0 Å². The summed E-state index contributed by atoms with van der Waals surface area (Å²) < 4.78 is 5.84. The average molecular weight is 325 g/mol. The van der Waals surface area contributed by atoms with E-state index in [-0.39, 0.29) is 11.8 Å². The lowest BCUT2D eigenvalue weighted by Crippen LogP contribution is -2.40. The number of likely N-dealkylation sites (tertiary alicyclic amines) is 1. The Balaban J connectivity index is 1.75. The number of ether oxygens (including phenoxy) is 1. The molecule has 5 heteroatoms. The molecule has 0 spiro atoms. The zero-order valence-corrected chi connectivity index (χ0v) is 13.2. The number of carbonyl (C=O) groups is 2. The Morgan fingerprint density at radius 1 is 0.958 bits per heavy atom. The predicted molar refractivity (Wildman–Crippen MR) is 89.2 cm³/mol. The fraction of sp³-hybridized carbons (Fsp3) is 0.263. The van der Waals surface area contributed by atoms with Gasteiger partial charge in [0.25, 0.3) is 5.91 Å². The summed E-state index contributed by atoms with van der Waals surface area (Å²) >= 11 is 0. The highest BCUT2D eigenvalue weighted by Crippen LogP contribution is 2.27. The number of carbonyl (C=O) groups excluding carboxylic acids is 1. The number of hydrogen-bond donors (Lipinski definition) is 1. The van der Waals surface area contributed by atoms with Crippen LogP contribution in [0, 0.1) is 5.92 Å². The SMILES string of the molecule is O=C(O)C1CCN(C(=O)c2ccccc2Oc2ccccc2)CC1. The largest absolute Gasteiger partial charge is 0.481 e. The molecule has 3 rings (SSSR count). The standard InChI is InChI=1S/C19H19NO4/c21-18(20-12-10-14(11-13-20)19(22)23)16-8-4-5-9-17(16)24-15-6-2-1-3-7-15/h1-9,14H,10-13H2,(H,22,23). The van der Waals surface area contributed by atoms with E-state index in [1.165, 1.54) is 0 Å². The molecule has 5 nitrogen and oxygen atoms in total. The van der Waals surface area contributed by atoms with Gasteiger partial charge in [-0.15, -0.1) is 0 Å². The number of piperidine rings is 1. The molecule has 0 bridgehead atoms. The van der Waals surface area contributed by atoms with E-state index in [2.05, 4.69) is 0 Å². The summed E-state index contributed by atoms with van der Waals surface area (Å²) in [6, 6.07) is 16.4. The lowest BCUT2D eigenvalue weighted by atomic mass is 9.96. The van der Waals surface area contributed by atoms with Gasteiger partial charge in [-0.05, 0) is 37.1 Å². The van der Waals surface area contributed by atoms with Crippen molar-refractivity contribution in [2.45, 2.75) is 12.8 Å². The van der Waals surface area contributed by atoms with Crippen molar-refractivity contribution in [1.82, 2.24) is 4.90 Å². The number of carboxylic acid groups (broad SMARTS) is 1. The van der Waals surface area contributed by atoms with Gasteiger partial charge in [0.2, 0.25) is 0 Å². The zero-order valence-electron chi connectivity index (χ0n) is 13.2. The van der Waals surface area contributed by atoms with Crippen molar-refractivity contribution in [1.29, 1.82) is 0 Å². The number of carboxylic acids is 1. The second-order valence-corrected chi connectivity index (χ2v) is 5.82. The first-order valence-corrected chi connectivity index (χ1v) is 7.99. The van der Waals surface area contributed by atoms with E-state index >= 15 is 0 Å². The normalized spacial score (nSPS) is 15.1. The minimum atomic E-state index is -0.782. The fourth-order valence-corrected chi connectivity index (χ4v) is 2.85. The molecule has 2 aromatic rings. The molecule has 2 aromatic carbocycles. The quantitative estimate of drug-likeness (QED) is 0.935. The molecule has 1 aliphatic heterocycles. The Labute approximate surface area is 140 Å². The van der Waals surface area contributed by atoms with E-state index in [4.69, 9.17) is 9.84 Å². The second kappa shape index (κ2) is 7.17. The van der Waals surface area contributed by atoms with Crippen molar-refractivity contribution >= 4 is 11.9 Å². The van der Waals surface area contributed by atoms with E-state index in [0.29, 0.717) is 43.0 Å². The molecule has 0 saturated carbocycles. The smallest absolute Gasteiger partial charge is 0.306 e. The van der Waals surface area contributed by atoms with Gasteiger partial charge in [-0.1, -0.05) is 30.3 Å². The molecule has 0 radical (unpaired) electrons. The van der Waals surface area contributed by atoms with Gasteiger partial charge in [0.05, 0.1) is 11.5 Å². The van der Waals surface area contributed by atoms with Crippen molar-refractivity contribution in [3.8, 4) is 11.5 Å². The van der Waals surface area contributed by atoms with Gasteiger partial charge in [-0.25, -0.2) is 0 Å². The number of para-hydroxylation sites is 2. The van der Waals surface area contributed by atoms with Crippen LogP contribution in [0.25, 0.3) is 0 Å². The summed E-state index contributed by atoms with van der Waals surface area (Å²) in [5, 5.41) is 9.06. The molecule has 1 N–H and O–H groups in total. The molecule has 1 amide bonds. The Morgan fingerprint density at radius 2 is 1.58 bits per heavy atom. The first kappa shape index (κ1) is 16.1. The maximum atomic E-state index is 12.8. The van der Waals surface area contributed by atoms with Crippen molar-refractivity contribution in [3.63, 3.8) is 0 Å². The minimum absolute atomic E-state index is 0.120. The van der Waals surface area contributed by atoms with Crippen LogP contribution in [0.15, 0.2) is 54.6 Å². The summed E-state index contributed by atoms with van der Waals surface area (Å²) in [4.78, 5) is 25.5. The van der Waals surface area contributed by atoms with Gasteiger partial charge in [0.1, 0.15) is 11.5 Å².